The normalized spacial score (nSPS) is 22.9. The van der Waals surface area contributed by atoms with E-state index in [1.165, 1.54) is 4.90 Å². The highest BCUT2D eigenvalue weighted by Crippen LogP contribution is 2.32. The van der Waals surface area contributed by atoms with Crippen molar-refractivity contribution < 1.29 is 9.59 Å². The second-order valence-corrected chi connectivity index (χ2v) is 5.54. The van der Waals surface area contributed by atoms with Gasteiger partial charge in [-0.3, -0.25) is 14.5 Å². The molecule has 2 amide bonds. The molecular weight excluding hydrogens is 299 g/mol. The van der Waals surface area contributed by atoms with Gasteiger partial charge < -0.3 is 5.32 Å². The Morgan fingerprint density at radius 1 is 1.20 bits per heavy atom. The van der Waals surface area contributed by atoms with Crippen LogP contribution in [0.5, 0.6) is 0 Å². The molecule has 1 saturated heterocycles. The van der Waals surface area contributed by atoms with Gasteiger partial charge in [0.05, 0.1) is 10.7 Å². The van der Waals surface area contributed by atoms with Gasteiger partial charge in [0.1, 0.15) is 12.1 Å². The molecule has 6 heteroatoms. The molecule has 2 rings (SSSR count). The molecule has 1 aliphatic rings. The molecule has 20 heavy (non-hydrogen) atoms. The summed E-state index contributed by atoms with van der Waals surface area (Å²) in [5.74, 6) is -0.284. The van der Waals surface area contributed by atoms with Gasteiger partial charge in [0.2, 0.25) is 11.8 Å². The molecule has 0 aliphatic carbocycles. The van der Waals surface area contributed by atoms with Crippen molar-refractivity contribution in [2.45, 2.75) is 38.8 Å². The van der Waals surface area contributed by atoms with Crippen molar-refractivity contribution in [3.8, 4) is 0 Å². The van der Waals surface area contributed by atoms with Crippen molar-refractivity contribution in [1.29, 1.82) is 0 Å². The predicted octanol–water partition coefficient (Wildman–Crippen LogP) is 3.01. The lowest BCUT2D eigenvalue weighted by Crippen LogP contribution is -2.63. The third-order valence-corrected chi connectivity index (χ3v) is 3.97. The number of rotatable bonds is 3. The van der Waals surface area contributed by atoms with E-state index < -0.39 is 12.1 Å². The maximum Gasteiger partial charge on any atom is 0.250 e. The van der Waals surface area contributed by atoms with Gasteiger partial charge in [-0.1, -0.05) is 37.0 Å². The maximum absolute atomic E-state index is 12.5. The molecular formula is C14H16Cl2N2O2. The number of hydrogen-bond acceptors (Lipinski definition) is 2. The number of carbonyl (C=O) groups is 2. The fourth-order valence-electron chi connectivity index (χ4n) is 2.38. The molecule has 1 N–H and O–H groups in total. The van der Waals surface area contributed by atoms with E-state index >= 15 is 0 Å². The number of amides is 2. The number of anilines is 1. The van der Waals surface area contributed by atoms with E-state index in [-0.39, 0.29) is 11.8 Å². The van der Waals surface area contributed by atoms with Gasteiger partial charge in [-0.25, -0.2) is 0 Å². The van der Waals surface area contributed by atoms with Crippen molar-refractivity contribution in [2.75, 3.05) is 4.90 Å². The summed E-state index contributed by atoms with van der Waals surface area (Å²) in [5, 5.41) is 3.61. The molecule has 1 heterocycles. The van der Waals surface area contributed by atoms with Gasteiger partial charge in [0.25, 0.3) is 0 Å². The molecule has 0 spiro atoms. The second kappa shape index (κ2) is 6.02. The SMILES string of the molecule is CCC1NC(=O)C(CC)N(c2ccc(Cl)cc2Cl)C1=O. The van der Waals surface area contributed by atoms with E-state index in [1.54, 1.807) is 18.2 Å². The van der Waals surface area contributed by atoms with Crippen LogP contribution in [0.25, 0.3) is 0 Å². The molecule has 0 saturated carbocycles. The smallest absolute Gasteiger partial charge is 0.250 e. The highest BCUT2D eigenvalue weighted by Gasteiger charge is 2.40. The van der Waals surface area contributed by atoms with Crippen LogP contribution in [0.2, 0.25) is 10.0 Å². The Morgan fingerprint density at radius 3 is 2.45 bits per heavy atom. The molecule has 4 nitrogen and oxygen atoms in total. The van der Waals surface area contributed by atoms with Crippen LogP contribution in [-0.2, 0) is 9.59 Å². The maximum atomic E-state index is 12.5. The number of nitrogens with one attached hydrogen (secondary N) is 1. The Morgan fingerprint density at radius 2 is 1.90 bits per heavy atom. The molecule has 2 unspecified atom stereocenters. The number of piperazine rings is 1. The first-order valence-electron chi connectivity index (χ1n) is 6.58. The minimum atomic E-state index is -0.538. The first kappa shape index (κ1) is 15.1. The van der Waals surface area contributed by atoms with Crippen molar-refractivity contribution in [2.24, 2.45) is 0 Å². The van der Waals surface area contributed by atoms with E-state index in [0.717, 1.165) is 0 Å². The minimum Gasteiger partial charge on any atom is -0.342 e. The lowest BCUT2D eigenvalue weighted by atomic mass is 10.0. The topological polar surface area (TPSA) is 49.4 Å². The van der Waals surface area contributed by atoms with Crippen LogP contribution in [0, 0.1) is 0 Å². The fourth-order valence-corrected chi connectivity index (χ4v) is 2.88. The Balaban J connectivity index is 2.47. The van der Waals surface area contributed by atoms with Crippen LogP contribution in [0.3, 0.4) is 0 Å². The third-order valence-electron chi connectivity index (χ3n) is 3.43. The molecule has 108 valence electrons. The van der Waals surface area contributed by atoms with Crippen LogP contribution in [0.1, 0.15) is 26.7 Å². The molecule has 0 bridgehead atoms. The number of carbonyl (C=O) groups excluding carboxylic acids is 2. The largest absolute Gasteiger partial charge is 0.342 e. The zero-order chi connectivity index (χ0) is 14.9. The van der Waals surface area contributed by atoms with E-state index in [9.17, 15) is 9.59 Å². The number of hydrogen-bond donors (Lipinski definition) is 1. The molecule has 1 fully saturated rings. The van der Waals surface area contributed by atoms with Crippen molar-refractivity contribution >= 4 is 40.7 Å². The van der Waals surface area contributed by atoms with Gasteiger partial charge in [-0.15, -0.1) is 0 Å². The van der Waals surface area contributed by atoms with Crippen LogP contribution in [0.4, 0.5) is 5.69 Å². The highest BCUT2D eigenvalue weighted by atomic mass is 35.5. The van der Waals surface area contributed by atoms with Gasteiger partial charge in [0.15, 0.2) is 0 Å². The average molecular weight is 315 g/mol. The lowest BCUT2D eigenvalue weighted by Gasteiger charge is -2.38. The molecule has 1 aliphatic heterocycles. The first-order chi connectivity index (χ1) is 9.49. The number of nitrogens with zero attached hydrogens (tertiary/aromatic N) is 1. The van der Waals surface area contributed by atoms with Gasteiger partial charge in [-0.05, 0) is 31.0 Å². The molecule has 2 atom stereocenters. The summed E-state index contributed by atoms with van der Waals surface area (Å²) in [6, 6.07) is 3.87. The van der Waals surface area contributed by atoms with Gasteiger partial charge >= 0.3 is 0 Å². The fraction of sp³-hybridized carbons (Fsp3) is 0.429. The van der Waals surface area contributed by atoms with Gasteiger partial charge in [0, 0.05) is 5.02 Å². The Bertz CT molecular complexity index is 548. The van der Waals surface area contributed by atoms with Crippen LogP contribution >= 0.6 is 23.2 Å². The highest BCUT2D eigenvalue weighted by molar-refractivity contribution is 6.37. The predicted molar refractivity (Wildman–Crippen MR) is 80.2 cm³/mol. The minimum absolute atomic E-state index is 0.136. The number of benzene rings is 1. The second-order valence-electron chi connectivity index (χ2n) is 4.70. The van der Waals surface area contributed by atoms with Crippen LogP contribution in [-0.4, -0.2) is 23.9 Å². The van der Waals surface area contributed by atoms with Crippen LogP contribution < -0.4 is 10.2 Å². The standard InChI is InChI=1S/C14H16Cl2N2O2/c1-3-10-14(20)18(11(4-2)13(19)17-10)12-6-5-8(15)7-9(12)16/h5-7,10-11H,3-4H2,1-2H3,(H,17,19). The summed E-state index contributed by atoms with van der Waals surface area (Å²) in [5.41, 5.74) is 0.529. The monoisotopic (exact) mass is 314 g/mol. The Hall–Kier alpha value is -1.26. The van der Waals surface area contributed by atoms with E-state index in [1.807, 2.05) is 13.8 Å². The Labute approximate surface area is 128 Å². The third kappa shape index (κ3) is 2.63. The Kier molecular flexibility index (Phi) is 4.55. The molecule has 0 radical (unpaired) electrons. The van der Waals surface area contributed by atoms with E-state index in [0.29, 0.717) is 28.6 Å². The zero-order valence-electron chi connectivity index (χ0n) is 11.3. The molecule has 1 aromatic rings. The first-order valence-corrected chi connectivity index (χ1v) is 7.33. The molecule has 0 aromatic heterocycles. The quantitative estimate of drug-likeness (QED) is 0.932. The summed E-state index contributed by atoms with van der Waals surface area (Å²) in [4.78, 5) is 26.1. The van der Waals surface area contributed by atoms with E-state index in [4.69, 9.17) is 23.2 Å². The summed E-state index contributed by atoms with van der Waals surface area (Å²) in [6.45, 7) is 3.72. The van der Waals surface area contributed by atoms with Crippen molar-refractivity contribution in [1.82, 2.24) is 5.32 Å². The molecule has 1 aromatic carbocycles. The van der Waals surface area contributed by atoms with Gasteiger partial charge in [-0.2, -0.15) is 0 Å². The van der Waals surface area contributed by atoms with E-state index in [2.05, 4.69) is 5.32 Å². The number of halogens is 2. The summed E-state index contributed by atoms with van der Waals surface area (Å²) in [7, 11) is 0. The van der Waals surface area contributed by atoms with Crippen molar-refractivity contribution in [3.63, 3.8) is 0 Å². The van der Waals surface area contributed by atoms with Crippen molar-refractivity contribution in [3.05, 3.63) is 28.2 Å². The zero-order valence-corrected chi connectivity index (χ0v) is 12.8. The lowest BCUT2D eigenvalue weighted by molar-refractivity contribution is -0.134. The summed E-state index contributed by atoms with van der Waals surface area (Å²) in [6.07, 6.45) is 1.07. The summed E-state index contributed by atoms with van der Waals surface area (Å²) >= 11 is 12.1. The van der Waals surface area contributed by atoms with Crippen LogP contribution in [0.15, 0.2) is 18.2 Å². The summed E-state index contributed by atoms with van der Waals surface area (Å²) < 4.78 is 0. The average Bonchev–Trinajstić information content (AvgIpc) is 2.41.